The molecule has 0 spiro atoms. The molecule has 2 aromatic heterocycles. The molecule has 0 bridgehead atoms. The van der Waals surface area contributed by atoms with Crippen LogP contribution in [0.3, 0.4) is 0 Å². The maximum absolute atomic E-state index is 13.4. The number of rotatable bonds is 6. The first kappa shape index (κ1) is 21.4. The molecule has 0 aliphatic carbocycles. The number of benzene rings is 1. The molecule has 0 amide bonds. The summed E-state index contributed by atoms with van der Waals surface area (Å²) in [5.41, 5.74) is 3.08. The molecule has 4 rings (SSSR count). The van der Waals surface area contributed by atoms with Gasteiger partial charge in [-0.2, -0.15) is 13.2 Å². The van der Waals surface area contributed by atoms with Gasteiger partial charge < -0.3 is 9.30 Å². The average Bonchev–Trinajstić information content (AvgIpc) is 3.05. The molecule has 0 N–H and O–H groups in total. The van der Waals surface area contributed by atoms with Gasteiger partial charge in [0.1, 0.15) is 0 Å². The van der Waals surface area contributed by atoms with E-state index in [1.807, 2.05) is 12.1 Å². The third-order valence-corrected chi connectivity index (χ3v) is 5.66. The number of pyridine rings is 1. The number of esters is 1. The quantitative estimate of drug-likeness (QED) is 0.543. The third-order valence-electron chi connectivity index (χ3n) is 5.66. The second-order valence-electron chi connectivity index (χ2n) is 7.68. The topological polar surface area (TPSA) is 47.4 Å². The van der Waals surface area contributed by atoms with Crippen molar-refractivity contribution >= 4 is 16.9 Å². The van der Waals surface area contributed by atoms with Gasteiger partial charge in [-0.15, -0.1) is 0 Å². The molecule has 1 aromatic carbocycles. The van der Waals surface area contributed by atoms with Crippen molar-refractivity contribution in [2.75, 3.05) is 19.7 Å². The SMILES string of the molecule is CCOC(=O)CCN1CCc2c(c3cc(C(F)(F)F)ccc3n2Cc2cccnc2)C1. The Morgan fingerprint density at radius 1 is 1.26 bits per heavy atom. The molecule has 0 fully saturated rings. The molecular weight excluding hydrogens is 407 g/mol. The monoisotopic (exact) mass is 431 g/mol. The first-order valence-corrected chi connectivity index (χ1v) is 10.3. The van der Waals surface area contributed by atoms with Crippen molar-refractivity contribution < 1.29 is 22.7 Å². The number of nitrogens with zero attached hydrogens (tertiary/aromatic N) is 3. The van der Waals surface area contributed by atoms with E-state index < -0.39 is 11.7 Å². The van der Waals surface area contributed by atoms with Gasteiger partial charge in [-0.25, -0.2) is 0 Å². The Labute approximate surface area is 178 Å². The second-order valence-corrected chi connectivity index (χ2v) is 7.68. The van der Waals surface area contributed by atoms with Crippen molar-refractivity contribution in [3.63, 3.8) is 0 Å². The van der Waals surface area contributed by atoms with E-state index in [-0.39, 0.29) is 12.4 Å². The Morgan fingerprint density at radius 3 is 2.81 bits per heavy atom. The largest absolute Gasteiger partial charge is 0.466 e. The highest BCUT2D eigenvalue weighted by Gasteiger charge is 2.32. The molecule has 1 aliphatic rings. The second kappa shape index (κ2) is 8.70. The lowest BCUT2D eigenvalue weighted by molar-refractivity contribution is -0.143. The van der Waals surface area contributed by atoms with Crippen molar-refractivity contribution in [1.82, 2.24) is 14.5 Å². The van der Waals surface area contributed by atoms with Crippen LogP contribution in [0.2, 0.25) is 0 Å². The summed E-state index contributed by atoms with van der Waals surface area (Å²) in [6.07, 6.45) is 0.0467. The molecule has 0 atom stereocenters. The lowest BCUT2D eigenvalue weighted by Crippen LogP contribution is -2.33. The molecular formula is C23H24F3N3O2. The van der Waals surface area contributed by atoms with Crippen molar-refractivity contribution in [1.29, 1.82) is 0 Å². The number of carbonyl (C=O) groups excluding carboxylic acids is 1. The summed E-state index contributed by atoms with van der Waals surface area (Å²) in [6, 6.07) is 7.78. The number of ether oxygens (including phenoxy) is 1. The predicted octanol–water partition coefficient (Wildman–Crippen LogP) is 4.41. The van der Waals surface area contributed by atoms with Crippen LogP contribution in [-0.4, -0.2) is 40.1 Å². The maximum Gasteiger partial charge on any atom is 0.416 e. The van der Waals surface area contributed by atoms with E-state index in [4.69, 9.17) is 4.74 Å². The van der Waals surface area contributed by atoms with Crippen LogP contribution < -0.4 is 0 Å². The Morgan fingerprint density at radius 2 is 2.10 bits per heavy atom. The van der Waals surface area contributed by atoms with Crippen molar-refractivity contribution in [2.45, 2.75) is 39.0 Å². The zero-order valence-electron chi connectivity index (χ0n) is 17.3. The molecule has 164 valence electrons. The lowest BCUT2D eigenvalue weighted by atomic mass is 10.0. The molecule has 0 saturated carbocycles. The van der Waals surface area contributed by atoms with Gasteiger partial charge in [0.15, 0.2) is 0 Å². The first-order valence-electron chi connectivity index (χ1n) is 10.3. The number of aromatic nitrogens is 2. The van der Waals surface area contributed by atoms with Gasteiger partial charge in [-0.05, 0) is 42.3 Å². The van der Waals surface area contributed by atoms with E-state index in [9.17, 15) is 18.0 Å². The van der Waals surface area contributed by atoms with Crippen molar-refractivity contribution in [3.8, 4) is 0 Å². The Kier molecular flexibility index (Phi) is 6.00. The van der Waals surface area contributed by atoms with Crippen LogP contribution in [0, 0.1) is 0 Å². The minimum atomic E-state index is -4.40. The minimum absolute atomic E-state index is 0.258. The van der Waals surface area contributed by atoms with E-state index in [2.05, 4.69) is 14.5 Å². The van der Waals surface area contributed by atoms with Crippen molar-refractivity contribution in [2.24, 2.45) is 0 Å². The van der Waals surface area contributed by atoms with Crippen LogP contribution in [0.25, 0.3) is 10.9 Å². The standard InChI is InChI=1S/C23H24F3N3O2/c1-2-31-22(30)8-11-28-10-7-21-19(15-28)18-12-17(23(24,25)26)5-6-20(18)29(21)14-16-4-3-9-27-13-16/h3-6,9,12-13H,2,7-8,10-11,14-15H2,1H3. The lowest BCUT2D eigenvalue weighted by Gasteiger charge is -2.28. The van der Waals surface area contributed by atoms with E-state index in [0.717, 1.165) is 34.9 Å². The van der Waals surface area contributed by atoms with Gasteiger partial charge in [-0.1, -0.05) is 6.07 Å². The molecule has 3 heterocycles. The number of fused-ring (bicyclic) bond motifs is 3. The van der Waals surface area contributed by atoms with Crippen LogP contribution in [0.5, 0.6) is 0 Å². The van der Waals surface area contributed by atoms with Gasteiger partial charge in [-0.3, -0.25) is 14.7 Å². The summed E-state index contributed by atoms with van der Waals surface area (Å²) in [5.74, 6) is -0.258. The summed E-state index contributed by atoms with van der Waals surface area (Å²) in [5, 5.41) is 0.620. The predicted molar refractivity (Wildman–Crippen MR) is 111 cm³/mol. The Balaban J connectivity index is 1.70. The fraction of sp³-hybridized carbons (Fsp3) is 0.391. The smallest absolute Gasteiger partial charge is 0.416 e. The Hall–Kier alpha value is -2.87. The number of halogens is 3. The third kappa shape index (κ3) is 4.58. The summed E-state index contributed by atoms with van der Waals surface area (Å²) >= 11 is 0. The van der Waals surface area contributed by atoms with Crippen LogP contribution in [0.4, 0.5) is 13.2 Å². The molecule has 5 nitrogen and oxygen atoms in total. The number of hydrogen-bond donors (Lipinski definition) is 0. The van der Waals surface area contributed by atoms with E-state index in [0.29, 0.717) is 38.0 Å². The van der Waals surface area contributed by atoms with Gasteiger partial charge >= 0.3 is 12.1 Å². The molecule has 3 aromatic rings. The van der Waals surface area contributed by atoms with Crippen LogP contribution in [-0.2, 0) is 35.2 Å². The summed E-state index contributed by atoms with van der Waals surface area (Å²) in [7, 11) is 0. The number of alkyl halides is 3. The highest BCUT2D eigenvalue weighted by Crippen LogP contribution is 2.36. The molecule has 0 unspecified atom stereocenters. The highest BCUT2D eigenvalue weighted by molar-refractivity contribution is 5.87. The minimum Gasteiger partial charge on any atom is -0.466 e. The van der Waals surface area contributed by atoms with Crippen LogP contribution >= 0.6 is 0 Å². The number of hydrogen-bond acceptors (Lipinski definition) is 4. The zero-order chi connectivity index (χ0) is 22.0. The van der Waals surface area contributed by atoms with Gasteiger partial charge in [0.2, 0.25) is 0 Å². The maximum atomic E-state index is 13.4. The van der Waals surface area contributed by atoms with Crippen LogP contribution in [0.15, 0.2) is 42.7 Å². The van der Waals surface area contributed by atoms with E-state index in [1.165, 1.54) is 6.07 Å². The zero-order valence-corrected chi connectivity index (χ0v) is 17.3. The molecule has 31 heavy (non-hydrogen) atoms. The molecule has 0 saturated heterocycles. The van der Waals surface area contributed by atoms with Crippen molar-refractivity contribution in [3.05, 3.63) is 65.1 Å². The van der Waals surface area contributed by atoms with Gasteiger partial charge in [0, 0.05) is 61.6 Å². The summed E-state index contributed by atoms with van der Waals surface area (Å²) in [6.45, 7) is 4.42. The summed E-state index contributed by atoms with van der Waals surface area (Å²) < 4.78 is 47.2. The van der Waals surface area contributed by atoms with Gasteiger partial charge in [0.25, 0.3) is 0 Å². The fourth-order valence-corrected chi connectivity index (χ4v) is 4.21. The summed E-state index contributed by atoms with van der Waals surface area (Å²) in [4.78, 5) is 18.0. The first-order chi connectivity index (χ1) is 14.9. The van der Waals surface area contributed by atoms with E-state index in [1.54, 1.807) is 25.4 Å². The van der Waals surface area contributed by atoms with E-state index >= 15 is 0 Å². The molecule has 0 radical (unpaired) electrons. The fourth-order valence-electron chi connectivity index (χ4n) is 4.21. The van der Waals surface area contributed by atoms with Crippen LogP contribution in [0.1, 0.15) is 35.7 Å². The van der Waals surface area contributed by atoms with Gasteiger partial charge in [0.05, 0.1) is 18.6 Å². The average molecular weight is 431 g/mol. The Bertz CT molecular complexity index is 1080. The molecule has 8 heteroatoms. The highest BCUT2D eigenvalue weighted by atomic mass is 19.4. The number of carbonyl (C=O) groups is 1. The molecule has 1 aliphatic heterocycles. The normalized spacial score (nSPS) is 14.6.